The van der Waals surface area contributed by atoms with Gasteiger partial charge in [-0.2, -0.15) is 0 Å². The van der Waals surface area contributed by atoms with Crippen LogP contribution in [0.3, 0.4) is 0 Å². The van der Waals surface area contributed by atoms with Crippen molar-refractivity contribution in [2.24, 2.45) is 0 Å². The third-order valence-corrected chi connectivity index (χ3v) is 10.5. The predicted molar refractivity (Wildman–Crippen MR) is 171 cm³/mol. The van der Waals surface area contributed by atoms with Crippen LogP contribution in [0.5, 0.6) is 0 Å². The number of hydrogen-bond acceptors (Lipinski definition) is 2. The van der Waals surface area contributed by atoms with Gasteiger partial charge in [-0.25, -0.2) is 0 Å². The molecule has 0 aliphatic rings. The molecule has 0 N–H and O–H groups in total. The molecule has 6 aromatic carbocycles. The molecule has 0 unspecified atom stereocenters. The highest BCUT2D eigenvalue weighted by atomic mass is 32.1. The smallest absolute Gasteiger partial charge is 0.0729 e. The monoisotopic (exact) mass is 532 g/mol. The van der Waals surface area contributed by atoms with Gasteiger partial charge in [0.15, 0.2) is 0 Å². The SMILES string of the molecule is c1ccc(C(c2ccccc2)(c2cccc3c2sc2ccccc23)c2cccc3c2sc2ccccc23)cc1. The lowest BCUT2D eigenvalue weighted by Crippen LogP contribution is -2.31. The first-order valence-electron chi connectivity index (χ1n) is 13.3. The highest BCUT2D eigenvalue weighted by Gasteiger charge is 2.41. The molecule has 0 bridgehead atoms. The maximum Gasteiger partial charge on any atom is 0.0729 e. The Kier molecular flexibility index (Phi) is 5.19. The fraction of sp³-hybridized carbons (Fsp3) is 0.0270. The van der Waals surface area contributed by atoms with Crippen LogP contribution in [0.25, 0.3) is 40.3 Å². The van der Waals surface area contributed by atoms with Gasteiger partial charge in [0.2, 0.25) is 0 Å². The molecule has 8 aromatic rings. The first-order chi connectivity index (χ1) is 19.4. The molecule has 39 heavy (non-hydrogen) atoms. The summed E-state index contributed by atoms with van der Waals surface area (Å²) in [7, 11) is 0. The minimum atomic E-state index is -0.497. The summed E-state index contributed by atoms with van der Waals surface area (Å²) in [5.74, 6) is 0. The third-order valence-electron chi connectivity index (χ3n) is 8.03. The Bertz CT molecular complexity index is 1960. The maximum absolute atomic E-state index is 2.36. The summed E-state index contributed by atoms with van der Waals surface area (Å²) in [6, 6.07) is 53.7. The molecule has 0 aliphatic carbocycles. The zero-order chi connectivity index (χ0) is 25.8. The first kappa shape index (κ1) is 22.7. The zero-order valence-electron chi connectivity index (χ0n) is 21.2. The van der Waals surface area contributed by atoms with Gasteiger partial charge < -0.3 is 0 Å². The van der Waals surface area contributed by atoms with Crippen molar-refractivity contribution in [2.75, 3.05) is 0 Å². The van der Waals surface area contributed by atoms with Crippen LogP contribution in [0.4, 0.5) is 0 Å². The van der Waals surface area contributed by atoms with E-state index in [1.54, 1.807) is 0 Å². The Balaban J connectivity index is 1.61. The minimum Gasteiger partial charge on any atom is -0.135 e. The van der Waals surface area contributed by atoms with Crippen molar-refractivity contribution in [1.82, 2.24) is 0 Å². The van der Waals surface area contributed by atoms with Gasteiger partial charge in [0.1, 0.15) is 0 Å². The standard InChI is InChI=1S/C37H24S2/c1-3-13-25(14-4-1)37(26-15-5-2-6-16-26,31-21-11-19-29-27-17-7-9-23-33(27)38-35(29)31)32-22-12-20-30-28-18-8-10-24-34(28)39-36(30)32/h1-24H. The lowest BCUT2D eigenvalue weighted by molar-refractivity contribution is 0.762. The number of benzene rings is 6. The molecule has 0 fully saturated rings. The van der Waals surface area contributed by atoms with E-state index in [9.17, 15) is 0 Å². The van der Waals surface area contributed by atoms with Crippen LogP contribution in [0.1, 0.15) is 22.3 Å². The van der Waals surface area contributed by atoms with E-state index in [1.807, 2.05) is 22.7 Å². The fourth-order valence-electron chi connectivity index (χ4n) is 6.40. The highest BCUT2D eigenvalue weighted by molar-refractivity contribution is 7.26. The molecule has 0 saturated carbocycles. The second kappa shape index (κ2) is 8.91. The van der Waals surface area contributed by atoms with E-state index in [2.05, 4.69) is 146 Å². The van der Waals surface area contributed by atoms with Crippen LogP contribution < -0.4 is 0 Å². The van der Waals surface area contributed by atoms with Gasteiger partial charge in [-0.3, -0.25) is 0 Å². The third kappa shape index (κ3) is 3.29. The second-order valence-electron chi connectivity index (χ2n) is 10.0. The largest absolute Gasteiger partial charge is 0.135 e. The van der Waals surface area contributed by atoms with E-state index < -0.39 is 5.41 Å². The summed E-state index contributed by atoms with van der Waals surface area (Å²) < 4.78 is 5.36. The van der Waals surface area contributed by atoms with Crippen molar-refractivity contribution < 1.29 is 0 Å². The molecule has 0 aliphatic heterocycles. The molecule has 0 amide bonds. The first-order valence-corrected chi connectivity index (χ1v) is 14.9. The van der Waals surface area contributed by atoms with Gasteiger partial charge in [0.05, 0.1) is 5.41 Å². The van der Waals surface area contributed by atoms with Crippen molar-refractivity contribution in [3.8, 4) is 0 Å². The molecule has 0 radical (unpaired) electrons. The van der Waals surface area contributed by atoms with Gasteiger partial charge >= 0.3 is 0 Å². The summed E-state index contributed by atoms with van der Waals surface area (Å²) in [5, 5.41) is 5.31. The number of thiophene rings is 2. The number of fused-ring (bicyclic) bond motifs is 6. The lowest BCUT2D eigenvalue weighted by Gasteiger charge is -2.37. The second-order valence-corrected chi connectivity index (χ2v) is 12.1. The molecule has 8 rings (SSSR count). The van der Waals surface area contributed by atoms with Gasteiger partial charge in [-0.15, -0.1) is 22.7 Å². The normalized spacial score (nSPS) is 12.1. The van der Waals surface area contributed by atoms with Crippen LogP contribution in [-0.4, -0.2) is 0 Å². The Morgan fingerprint density at radius 2 is 0.718 bits per heavy atom. The van der Waals surface area contributed by atoms with Gasteiger partial charge in [-0.05, 0) is 34.4 Å². The summed E-state index contributed by atoms with van der Waals surface area (Å²) in [6.07, 6.45) is 0. The molecule has 2 aromatic heterocycles. The summed E-state index contributed by atoms with van der Waals surface area (Å²) >= 11 is 3.83. The maximum atomic E-state index is 2.36. The Labute approximate surface area is 235 Å². The van der Waals surface area contributed by atoms with Gasteiger partial charge in [-0.1, -0.05) is 133 Å². The molecule has 2 heteroatoms. The van der Waals surface area contributed by atoms with E-state index in [0.717, 1.165) is 0 Å². The van der Waals surface area contributed by atoms with Crippen LogP contribution in [0, 0.1) is 0 Å². The van der Waals surface area contributed by atoms with Crippen molar-refractivity contribution >= 4 is 63.0 Å². The molecular formula is C37H24S2. The fourth-order valence-corrected chi connectivity index (χ4v) is 8.94. The molecule has 0 spiro atoms. The van der Waals surface area contributed by atoms with Crippen LogP contribution in [0.15, 0.2) is 146 Å². The van der Waals surface area contributed by atoms with Crippen LogP contribution >= 0.6 is 22.7 Å². The van der Waals surface area contributed by atoms with E-state index >= 15 is 0 Å². The average molecular weight is 533 g/mol. The van der Waals surface area contributed by atoms with Crippen molar-refractivity contribution in [2.45, 2.75) is 5.41 Å². The van der Waals surface area contributed by atoms with Crippen molar-refractivity contribution in [3.63, 3.8) is 0 Å². The molecule has 2 heterocycles. The van der Waals surface area contributed by atoms with Crippen LogP contribution in [0.2, 0.25) is 0 Å². The van der Waals surface area contributed by atoms with Crippen molar-refractivity contribution in [3.05, 3.63) is 168 Å². The molecule has 0 nitrogen and oxygen atoms in total. The van der Waals surface area contributed by atoms with E-state index in [0.29, 0.717) is 0 Å². The summed E-state index contributed by atoms with van der Waals surface area (Å²) in [4.78, 5) is 0. The summed E-state index contributed by atoms with van der Waals surface area (Å²) in [5.41, 5.74) is 4.74. The predicted octanol–water partition coefficient (Wildman–Crippen LogP) is 10.8. The van der Waals surface area contributed by atoms with E-state index in [4.69, 9.17) is 0 Å². The van der Waals surface area contributed by atoms with Crippen molar-refractivity contribution in [1.29, 1.82) is 0 Å². The Morgan fingerprint density at radius 1 is 0.333 bits per heavy atom. The Morgan fingerprint density at radius 3 is 1.18 bits per heavy atom. The average Bonchev–Trinajstić information content (AvgIpc) is 3.58. The molecular weight excluding hydrogens is 509 g/mol. The molecule has 0 atom stereocenters. The highest BCUT2D eigenvalue weighted by Crippen LogP contribution is 2.53. The summed E-state index contributed by atoms with van der Waals surface area (Å²) in [6.45, 7) is 0. The molecule has 0 saturated heterocycles. The van der Waals surface area contributed by atoms with E-state index in [-0.39, 0.29) is 0 Å². The Hall–Kier alpha value is -4.24. The van der Waals surface area contributed by atoms with E-state index in [1.165, 1.54) is 62.6 Å². The number of rotatable bonds is 4. The minimum absolute atomic E-state index is 0.497. The van der Waals surface area contributed by atoms with Gasteiger partial charge in [0, 0.05) is 40.3 Å². The zero-order valence-corrected chi connectivity index (χ0v) is 22.8. The van der Waals surface area contributed by atoms with Gasteiger partial charge in [0.25, 0.3) is 0 Å². The number of hydrogen-bond donors (Lipinski definition) is 0. The quantitative estimate of drug-likeness (QED) is 0.198. The van der Waals surface area contributed by atoms with Crippen LogP contribution in [-0.2, 0) is 5.41 Å². The topological polar surface area (TPSA) is 0 Å². The molecule has 184 valence electrons. The lowest BCUT2D eigenvalue weighted by atomic mass is 9.64.